The molecule has 0 aliphatic carbocycles. The quantitative estimate of drug-likeness (QED) is 0.488. The van der Waals surface area contributed by atoms with E-state index in [-0.39, 0.29) is 45.6 Å². The Bertz CT molecular complexity index is 1110. The molecule has 32 heavy (non-hydrogen) atoms. The van der Waals surface area contributed by atoms with Crippen molar-refractivity contribution in [2.45, 2.75) is 58.4 Å². The minimum absolute atomic E-state index is 0.0228. The van der Waals surface area contributed by atoms with Crippen LogP contribution in [0.1, 0.15) is 56.6 Å². The highest BCUT2D eigenvalue weighted by Crippen LogP contribution is 2.34. The Hall–Kier alpha value is -2.92. The number of ether oxygens (including phenoxy) is 1. The Labute approximate surface area is 188 Å². The van der Waals surface area contributed by atoms with E-state index < -0.39 is 16.0 Å². The molecule has 10 nitrogen and oxygen atoms in total. The first-order valence-corrected chi connectivity index (χ1v) is 11.8. The largest absolute Gasteiger partial charge is 0.476 e. The van der Waals surface area contributed by atoms with Gasteiger partial charge in [0.2, 0.25) is 21.8 Å². The number of carboxylic acids is 1. The topological polar surface area (TPSA) is 140 Å². The maximum absolute atomic E-state index is 13.1. The molecule has 2 atom stereocenters. The van der Waals surface area contributed by atoms with Crippen LogP contribution in [0.15, 0.2) is 23.1 Å². The van der Waals surface area contributed by atoms with E-state index in [0.717, 1.165) is 0 Å². The maximum Gasteiger partial charge on any atom is 0.356 e. The Balaban J connectivity index is 2.55. The molecule has 176 valence electrons. The number of aromatic nitrogens is 2. The third-order valence-electron chi connectivity index (χ3n) is 5.16. The zero-order valence-electron chi connectivity index (χ0n) is 19.1. The van der Waals surface area contributed by atoms with Crippen molar-refractivity contribution in [2.24, 2.45) is 13.0 Å². The Morgan fingerprint density at radius 2 is 1.88 bits per heavy atom. The molecule has 2 aromatic rings. The average Bonchev–Trinajstić information content (AvgIpc) is 3.02. The summed E-state index contributed by atoms with van der Waals surface area (Å²) in [4.78, 5) is 23.5. The zero-order valence-corrected chi connectivity index (χ0v) is 19.9. The molecule has 11 heteroatoms. The molecule has 0 saturated carbocycles. The molecule has 1 amide bonds. The fourth-order valence-corrected chi connectivity index (χ4v) is 4.29. The van der Waals surface area contributed by atoms with Gasteiger partial charge in [0.25, 0.3) is 0 Å². The van der Waals surface area contributed by atoms with Crippen molar-refractivity contribution in [2.75, 3.05) is 5.32 Å². The fraction of sp³-hybridized carbons (Fsp3) is 0.476. The van der Waals surface area contributed by atoms with Crippen LogP contribution in [0.5, 0.6) is 11.6 Å². The van der Waals surface area contributed by atoms with Crippen LogP contribution in [-0.4, -0.2) is 41.2 Å². The summed E-state index contributed by atoms with van der Waals surface area (Å²) in [5.41, 5.74) is 0.370. The number of nitrogens with one attached hydrogen (secondary N) is 2. The molecule has 0 unspecified atom stereocenters. The molecule has 3 N–H and O–H groups in total. The predicted octanol–water partition coefficient (Wildman–Crippen LogP) is 3.28. The van der Waals surface area contributed by atoms with Gasteiger partial charge in [-0.3, -0.25) is 4.79 Å². The standard InChI is InChI=1S/C21H30N4O6S/c1-7-12(3)19(26)22-15-9-10-16(17(11-15)32(29,30)24-13(4)8-2)31-20-14(5)18(21(27)28)23-25(20)6/h9-13,24H,7-8H2,1-6H3,(H,22,26)(H,27,28)/t12-,13-/m0/s1. The molecular formula is C21H30N4O6S. The van der Waals surface area contributed by atoms with Crippen molar-refractivity contribution in [3.05, 3.63) is 29.5 Å². The van der Waals surface area contributed by atoms with Gasteiger partial charge < -0.3 is 15.2 Å². The number of amides is 1. The van der Waals surface area contributed by atoms with E-state index in [4.69, 9.17) is 4.74 Å². The van der Waals surface area contributed by atoms with Gasteiger partial charge in [0.1, 0.15) is 10.6 Å². The summed E-state index contributed by atoms with van der Waals surface area (Å²) in [6.45, 7) is 8.77. The second-order valence-electron chi connectivity index (χ2n) is 7.70. The normalized spacial score (nSPS) is 13.4. The highest BCUT2D eigenvalue weighted by Gasteiger charge is 2.26. The summed E-state index contributed by atoms with van der Waals surface area (Å²) >= 11 is 0. The Morgan fingerprint density at radius 1 is 1.22 bits per heavy atom. The number of hydrogen-bond donors (Lipinski definition) is 3. The van der Waals surface area contributed by atoms with Gasteiger partial charge in [0.15, 0.2) is 5.69 Å². The van der Waals surface area contributed by atoms with E-state index in [1.807, 2.05) is 13.8 Å². The number of hydrogen-bond acceptors (Lipinski definition) is 6. The summed E-state index contributed by atoms with van der Waals surface area (Å²) in [5, 5.41) is 15.9. The lowest BCUT2D eigenvalue weighted by Crippen LogP contribution is -2.32. The van der Waals surface area contributed by atoms with Gasteiger partial charge in [-0.15, -0.1) is 0 Å². The number of carboxylic acid groups (broad SMARTS) is 1. The van der Waals surface area contributed by atoms with Gasteiger partial charge in [0.05, 0.1) is 0 Å². The first-order chi connectivity index (χ1) is 14.9. The minimum Gasteiger partial charge on any atom is -0.476 e. The zero-order chi connectivity index (χ0) is 24.2. The van der Waals surface area contributed by atoms with Gasteiger partial charge in [-0.05, 0) is 44.9 Å². The van der Waals surface area contributed by atoms with Crippen LogP contribution in [0.3, 0.4) is 0 Å². The second-order valence-corrected chi connectivity index (χ2v) is 9.38. The van der Waals surface area contributed by atoms with Crippen LogP contribution < -0.4 is 14.8 Å². The number of carbonyl (C=O) groups is 2. The van der Waals surface area contributed by atoms with E-state index in [1.165, 1.54) is 36.9 Å². The number of aryl methyl sites for hydroxylation is 1. The van der Waals surface area contributed by atoms with Crippen LogP contribution in [-0.2, 0) is 21.9 Å². The van der Waals surface area contributed by atoms with Crippen molar-refractivity contribution in [3.8, 4) is 11.6 Å². The average molecular weight is 467 g/mol. The number of carbonyl (C=O) groups excluding carboxylic acids is 1. The van der Waals surface area contributed by atoms with Crippen LogP contribution in [0.2, 0.25) is 0 Å². The van der Waals surface area contributed by atoms with Gasteiger partial charge >= 0.3 is 5.97 Å². The van der Waals surface area contributed by atoms with Crippen molar-refractivity contribution in [1.82, 2.24) is 14.5 Å². The molecule has 1 aromatic heterocycles. The summed E-state index contributed by atoms with van der Waals surface area (Å²) in [7, 11) is -2.51. The van der Waals surface area contributed by atoms with Crippen molar-refractivity contribution in [1.29, 1.82) is 0 Å². The molecule has 0 fully saturated rings. The van der Waals surface area contributed by atoms with E-state index in [1.54, 1.807) is 13.8 Å². The summed E-state index contributed by atoms with van der Waals surface area (Å²) < 4.78 is 35.9. The molecule has 1 aromatic carbocycles. The number of nitrogens with zero attached hydrogens (tertiary/aromatic N) is 2. The molecule has 0 spiro atoms. The third-order valence-corrected chi connectivity index (χ3v) is 6.77. The van der Waals surface area contributed by atoms with E-state index in [9.17, 15) is 23.1 Å². The highest BCUT2D eigenvalue weighted by molar-refractivity contribution is 7.89. The molecule has 0 aliphatic rings. The number of aromatic carboxylic acids is 1. The SMILES string of the molecule is CC[C@H](C)NS(=O)(=O)c1cc(NC(=O)[C@@H](C)CC)ccc1Oc1c(C)c(C(=O)O)nn1C. The third kappa shape index (κ3) is 5.65. The predicted molar refractivity (Wildman–Crippen MR) is 120 cm³/mol. The number of rotatable bonds is 10. The van der Waals surface area contributed by atoms with Crippen molar-refractivity contribution < 1.29 is 27.9 Å². The number of sulfonamides is 1. The van der Waals surface area contributed by atoms with E-state index in [0.29, 0.717) is 18.5 Å². The van der Waals surface area contributed by atoms with Gasteiger partial charge in [-0.1, -0.05) is 20.8 Å². The summed E-state index contributed by atoms with van der Waals surface area (Å²) in [6, 6.07) is 3.94. The van der Waals surface area contributed by atoms with Crippen LogP contribution >= 0.6 is 0 Å². The van der Waals surface area contributed by atoms with E-state index >= 15 is 0 Å². The van der Waals surface area contributed by atoms with E-state index in [2.05, 4.69) is 15.1 Å². The lowest BCUT2D eigenvalue weighted by Gasteiger charge is -2.17. The highest BCUT2D eigenvalue weighted by atomic mass is 32.2. The molecule has 0 saturated heterocycles. The lowest BCUT2D eigenvalue weighted by molar-refractivity contribution is -0.119. The maximum atomic E-state index is 13.1. The molecule has 0 bridgehead atoms. The fourth-order valence-electron chi connectivity index (χ4n) is 2.81. The molecule has 2 rings (SSSR count). The van der Waals surface area contributed by atoms with Crippen molar-refractivity contribution in [3.63, 3.8) is 0 Å². The number of benzene rings is 1. The molecular weight excluding hydrogens is 436 g/mol. The van der Waals surface area contributed by atoms with Gasteiger partial charge in [0, 0.05) is 30.3 Å². The van der Waals surface area contributed by atoms with Crippen LogP contribution in [0, 0.1) is 12.8 Å². The summed E-state index contributed by atoms with van der Waals surface area (Å²) in [6.07, 6.45) is 1.21. The van der Waals surface area contributed by atoms with Gasteiger partial charge in [-0.25, -0.2) is 22.6 Å². The Morgan fingerprint density at radius 3 is 2.41 bits per heavy atom. The minimum atomic E-state index is -4.01. The monoisotopic (exact) mass is 466 g/mol. The molecule has 1 heterocycles. The number of anilines is 1. The van der Waals surface area contributed by atoms with Crippen LogP contribution in [0.4, 0.5) is 5.69 Å². The second kappa shape index (κ2) is 10.1. The molecule has 0 aliphatic heterocycles. The molecule has 0 radical (unpaired) electrons. The first kappa shape index (κ1) is 25.3. The Kier molecular flexibility index (Phi) is 8.02. The van der Waals surface area contributed by atoms with Crippen LogP contribution in [0.25, 0.3) is 0 Å². The first-order valence-electron chi connectivity index (χ1n) is 10.3. The smallest absolute Gasteiger partial charge is 0.356 e. The van der Waals surface area contributed by atoms with Gasteiger partial charge in [-0.2, -0.15) is 5.10 Å². The van der Waals surface area contributed by atoms with Crippen molar-refractivity contribution >= 4 is 27.6 Å². The summed E-state index contributed by atoms with van der Waals surface area (Å²) in [5.74, 6) is -1.62. The lowest BCUT2D eigenvalue weighted by atomic mass is 10.1.